The summed E-state index contributed by atoms with van der Waals surface area (Å²) < 4.78 is 44.7. The number of aliphatic hydroxyl groups excluding tert-OH is 1. The minimum atomic E-state index is -4.52. The lowest BCUT2D eigenvalue weighted by Gasteiger charge is -2.41. The first kappa shape index (κ1) is 25.6. The van der Waals surface area contributed by atoms with E-state index in [1.165, 1.54) is 18.3 Å². The number of morpholine rings is 1. The highest BCUT2D eigenvalue weighted by Gasteiger charge is 2.31. The van der Waals surface area contributed by atoms with Gasteiger partial charge in [-0.05, 0) is 50.1 Å². The Morgan fingerprint density at radius 1 is 1.17 bits per heavy atom. The number of alkyl halides is 3. The lowest BCUT2D eigenvalue weighted by atomic mass is 9.96. The summed E-state index contributed by atoms with van der Waals surface area (Å²) in [5.74, 6) is -0.637. The Bertz CT molecular complexity index is 1250. The number of fused-ring (bicyclic) bond motifs is 3. The van der Waals surface area contributed by atoms with Gasteiger partial charge in [0.1, 0.15) is 0 Å². The summed E-state index contributed by atoms with van der Waals surface area (Å²) in [6.07, 6.45) is 0.686. The number of benzene rings is 1. The van der Waals surface area contributed by atoms with Crippen LogP contribution < -0.4 is 10.2 Å². The molecular formula is C26H27F3N4O3. The number of nitrogens with zero attached hydrogens (tertiary/aromatic N) is 3. The fourth-order valence-electron chi connectivity index (χ4n) is 4.52. The van der Waals surface area contributed by atoms with Crippen molar-refractivity contribution in [2.24, 2.45) is 0 Å². The zero-order valence-electron chi connectivity index (χ0n) is 20.0. The van der Waals surface area contributed by atoms with Gasteiger partial charge in [-0.15, -0.1) is 0 Å². The van der Waals surface area contributed by atoms with Gasteiger partial charge in [-0.3, -0.25) is 14.8 Å². The molecule has 4 heterocycles. The van der Waals surface area contributed by atoms with Gasteiger partial charge in [0, 0.05) is 42.2 Å². The number of carbonyl (C=O) groups is 1. The molecule has 7 nitrogen and oxygen atoms in total. The molecule has 1 fully saturated rings. The smallest absolute Gasteiger partial charge is 0.400 e. The number of nitrogens with one attached hydrogen (secondary N) is 1. The van der Waals surface area contributed by atoms with Crippen LogP contribution in [0.25, 0.3) is 11.1 Å². The van der Waals surface area contributed by atoms with Crippen molar-refractivity contribution in [2.45, 2.75) is 32.0 Å². The van der Waals surface area contributed by atoms with E-state index >= 15 is 0 Å². The van der Waals surface area contributed by atoms with Gasteiger partial charge in [-0.25, -0.2) is 0 Å². The number of ether oxygens (including phenoxy) is 1. The van der Waals surface area contributed by atoms with Crippen molar-refractivity contribution in [3.63, 3.8) is 0 Å². The predicted molar refractivity (Wildman–Crippen MR) is 130 cm³/mol. The molecule has 2 aromatic heterocycles. The molecule has 3 aromatic rings. The molecule has 36 heavy (non-hydrogen) atoms. The van der Waals surface area contributed by atoms with Gasteiger partial charge < -0.3 is 20.1 Å². The molecule has 0 bridgehead atoms. The Kier molecular flexibility index (Phi) is 7.56. The van der Waals surface area contributed by atoms with Gasteiger partial charge in [0.15, 0.2) is 0 Å². The van der Waals surface area contributed by atoms with Crippen molar-refractivity contribution in [3.05, 3.63) is 71.3 Å². The van der Waals surface area contributed by atoms with Gasteiger partial charge in [0.05, 0.1) is 48.1 Å². The molecular weight excluding hydrogens is 473 g/mol. The highest BCUT2D eigenvalue weighted by molar-refractivity contribution is 6.04. The average Bonchev–Trinajstić information content (AvgIpc) is 2.90. The number of hydrogen-bond acceptors (Lipinski definition) is 6. The third-order valence-electron chi connectivity index (χ3n) is 6.31. The second kappa shape index (κ2) is 10.6. The molecule has 2 N–H and O–H groups in total. The lowest BCUT2D eigenvalue weighted by Crippen LogP contribution is -2.48. The highest BCUT2D eigenvalue weighted by atomic mass is 19.4. The zero-order chi connectivity index (χ0) is 25.9. The van der Waals surface area contributed by atoms with Gasteiger partial charge in [-0.2, -0.15) is 13.2 Å². The van der Waals surface area contributed by atoms with E-state index in [-0.39, 0.29) is 5.56 Å². The molecule has 1 amide bonds. The molecule has 2 aliphatic rings. The summed E-state index contributed by atoms with van der Waals surface area (Å²) in [5.41, 5.74) is 4.02. The third kappa shape index (κ3) is 5.34. The van der Waals surface area contributed by atoms with E-state index in [0.717, 1.165) is 66.8 Å². The van der Waals surface area contributed by atoms with Crippen LogP contribution in [0.2, 0.25) is 0 Å². The summed E-state index contributed by atoms with van der Waals surface area (Å²) >= 11 is 0. The fraction of sp³-hybridized carbons (Fsp3) is 0.346. The minimum Gasteiger partial charge on any atom is -0.400 e. The first-order valence-electron chi connectivity index (χ1n) is 11.5. The normalized spacial score (nSPS) is 16.8. The number of anilines is 2. The van der Waals surface area contributed by atoms with Crippen molar-refractivity contribution in [1.29, 1.82) is 0 Å². The van der Waals surface area contributed by atoms with E-state index < -0.39 is 17.6 Å². The van der Waals surface area contributed by atoms with Crippen LogP contribution in [-0.2, 0) is 17.3 Å². The number of hydrogen-bond donors (Lipinski definition) is 2. The second-order valence-corrected chi connectivity index (χ2v) is 8.54. The second-order valence-electron chi connectivity index (χ2n) is 8.54. The molecule has 0 saturated carbocycles. The van der Waals surface area contributed by atoms with E-state index in [1.807, 2.05) is 13.1 Å². The summed E-state index contributed by atoms with van der Waals surface area (Å²) in [6.45, 7) is 4.07. The van der Waals surface area contributed by atoms with E-state index in [2.05, 4.69) is 21.3 Å². The number of aryl methyl sites for hydroxylation is 2. The molecule has 0 spiro atoms. The lowest BCUT2D eigenvalue weighted by molar-refractivity contribution is -0.137. The van der Waals surface area contributed by atoms with Crippen LogP contribution >= 0.6 is 0 Å². The van der Waals surface area contributed by atoms with Crippen molar-refractivity contribution >= 4 is 17.3 Å². The van der Waals surface area contributed by atoms with Crippen molar-refractivity contribution < 1.29 is 27.8 Å². The SMILES string of the molecule is CO.Cc1ncc(NC(=O)c2cccc(C(F)(F)F)c2)cc1-c1cnc2c(c1)N1CCOCC1CC2. The standard InChI is InChI=1S/C25H23F3N4O2.CH4O/c1-15-21(17-10-23-22(30-12-17)6-5-20-14-34-8-7-32(20)23)11-19(13-29-15)31-24(33)16-3-2-4-18(9-16)25(26,27)28;1-2/h2-4,9-13,20H,5-8,14H2,1H3,(H,31,33);2H,1H3. The Labute approximate surface area is 207 Å². The Balaban J connectivity index is 0.00000148. The molecule has 0 aliphatic carbocycles. The van der Waals surface area contributed by atoms with Gasteiger partial charge in [0.25, 0.3) is 5.91 Å². The third-order valence-corrected chi connectivity index (χ3v) is 6.31. The number of halogens is 3. The molecule has 0 radical (unpaired) electrons. The van der Waals surface area contributed by atoms with Crippen molar-refractivity contribution in [1.82, 2.24) is 9.97 Å². The van der Waals surface area contributed by atoms with Crippen molar-refractivity contribution in [2.75, 3.05) is 37.1 Å². The highest BCUT2D eigenvalue weighted by Crippen LogP contribution is 2.35. The number of amides is 1. The summed E-state index contributed by atoms with van der Waals surface area (Å²) in [4.78, 5) is 24.1. The molecule has 190 valence electrons. The van der Waals surface area contributed by atoms with Crippen molar-refractivity contribution in [3.8, 4) is 11.1 Å². The predicted octanol–water partition coefficient (Wildman–Crippen LogP) is 4.48. The number of aromatic nitrogens is 2. The van der Waals surface area contributed by atoms with E-state index in [9.17, 15) is 18.0 Å². The van der Waals surface area contributed by atoms with Crippen LogP contribution in [0.1, 0.15) is 33.7 Å². The van der Waals surface area contributed by atoms with E-state index in [4.69, 9.17) is 14.8 Å². The molecule has 1 unspecified atom stereocenters. The maximum absolute atomic E-state index is 13.0. The first-order chi connectivity index (χ1) is 17.3. The van der Waals surface area contributed by atoms with Crippen LogP contribution in [0.15, 0.2) is 48.8 Å². The summed E-state index contributed by atoms with van der Waals surface area (Å²) in [5, 5.41) is 9.67. The van der Waals surface area contributed by atoms with Gasteiger partial charge >= 0.3 is 6.18 Å². The molecule has 2 aliphatic heterocycles. The Morgan fingerprint density at radius 2 is 1.97 bits per heavy atom. The monoisotopic (exact) mass is 500 g/mol. The van der Waals surface area contributed by atoms with Gasteiger partial charge in [0.2, 0.25) is 0 Å². The van der Waals surface area contributed by atoms with Gasteiger partial charge in [-0.1, -0.05) is 6.07 Å². The summed E-state index contributed by atoms with van der Waals surface area (Å²) in [6, 6.07) is 8.55. The molecule has 5 rings (SSSR count). The fourth-order valence-corrected chi connectivity index (χ4v) is 4.52. The van der Waals surface area contributed by atoms with Crippen LogP contribution in [0.3, 0.4) is 0 Å². The summed E-state index contributed by atoms with van der Waals surface area (Å²) in [7, 11) is 1.00. The zero-order valence-corrected chi connectivity index (χ0v) is 20.0. The number of pyridine rings is 2. The number of rotatable bonds is 3. The number of carbonyl (C=O) groups excluding carboxylic acids is 1. The quantitative estimate of drug-likeness (QED) is 0.551. The van der Waals surface area contributed by atoms with Crippen LogP contribution in [0.5, 0.6) is 0 Å². The Morgan fingerprint density at radius 3 is 2.75 bits per heavy atom. The van der Waals surface area contributed by atoms with E-state index in [1.54, 1.807) is 6.07 Å². The number of aliphatic hydroxyl groups is 1. The minimum absolute atomic E-state index is 0.0780. The maximum atomic E-state index is 13.0. The van der Waals surface area contributed by atoms with Crippen LogP contribution in [0, 0.1) is 6.92 Å². The largest absolute Gasteiger partial charge is 0.416 e. The van der Waals surface area contributed by atoms with E-state index in [0.29, 0.717) is 24.9 Å². The molecule has 1 aromatic carbocycles. The van der Waals surface area contributed by atoms with Crippen LogP contribution in [0.4, 0.5) is 24.5 Å². The first-order valence-corrected chi connectivity index (χ1v) is 11.5. The molecule has 1 atom stereocenters. The topological polar surface area (TPSA) is 87.6 Å². The molecule has 1 saturated heterocycles. The van der Waals surface area contributed by atoms with Crippen LogP contribution in [-0.4, -0.2) is 53.9 Å². The average molecular weight is 501 g/mol. The molecule has 10 heteroatoms. The maximum Gasteiger partial charge on any atom is 0.416 e. The Hall–Kier alpha value is -3.50.